The van der Waals surface area contributed by atoms with Crippen molar-refractivity contribution in [1.29, 1.82) is 0 Å². The highest BCUT2D eigenvalue weighted by atomic mass is 16.5. The van der Waals surface area contributed by atoms with Gasteiger partial charge < -0.3 is 20.4 Å². The van der Waals surface area contributed by atoms with Crippen LogP contribution in [0.15, 0.2) is 24.3 Å². The van der Waals surface area contributed by atoms with E-state index in [1.54, 1.807) is 0 Å². The Balaban J connectivity index is 1.61. The molecule has 1 unspecified atom stereocenters. The molecule has 1 aromatic carbocycles. The van der Waals surface area contributed by atoms with Crippen molar-refractivity contribution in [2.75, 3.05) is 19.8 Å². The zero-order valence-corrected chi connectivity index (χ0v) is 15.1. The fourth-order valence-corrected chi connectivity index (χ4v) is 3.55. The van der Waals surface area contributed by atoms with E-state index in [0.29, 0.717) is 32.2 Å². The second kappa shape index (κ2) is 7.97. The van der Waals surface area contributed by atoms with Gasteiger partial charge in [-0.2, -0.15) is 0 Å². The van der Waals surface area contributed by atoms with E-state index in [-0.39, 0.29) is 11.8 Å². The van der Waals surface area contributed by atoms with Gasteiger partial charge in [-0.05, 0) is 44.7 Å². The zero-order valence-electron chi connectivity index (χ0n) is 15.1. The Morgan fingerprint density at radius 1 is 1.36 bits per heavy atom. The van der Waals surface area contributed by atoms with Crippen molar-refractivity contribution < 1.29 is 9.53 Å². The minimum absolute atomic E-state index is 0.0703. The minimum atomic E-state index is -0.451. The topological polar surface area (TPSA) is 82.2 Å². The molecule has 3 rings (SSSR count). The molecule has 0 saturated carbocycles. The Morgan fingerprint density at radius 3 is 2.80 bits per heavy atom. The van der Waals surface area contributed by atoms with Crippen LogP contribution in [-0.2, 0) is 16.0 Å². The van der Waals surface area contributed by atoms with Crippen LogP contribution in [-0.4, -0.2) is 41.3 Å². The summed E-state index contributed by atoms with van der Waals surface area (Å²) in [4.78, 5) is 17.0. The maximum absolute atomic E-state index is 12.3. The van der Waals surface area contributed by atoms with Crippen LogP contribution < -0.4 is 11.1 Å². The number of nitrogens with zero attached hydrogens (tertiary/aromatic N) is 2. The van der Waals surface area contributed by atoms with Crippen molar-refractivity contribution in [3.63, 3.8) is 0 Å². The average molecular weight is 344 g/mol. The number of carbonyl (C=O) groups excluding carboxylic acids is 1. The van der Waals surface area contributed by atoms with Crippen LogP contribution in [0.25, 0.3) is 11.0 Å². The number of imidazole rings is 1. The van der Waals surface area contributed by atoms with Crippen LogP contribution in [0.2, 0.25) is 0 Å². The van der Waals surface area contributed by atoms with Gasteiger partial charge in [-0.1, -0.05) is 12.1 Å². The molecule has 6 nitrogen and oxygen atoms in total. The molecule has 1 aromatic heterocycles. The van der Waals surface area contributed by atoms with E-state index in [4.69, 9.17) is 15.5 Å². The lowest BCUT2D eigenvalue weighted by atomic mass is 9.92. The van der Waals surface area contributed by atoms with E-state index in [1.165, 1.54) is 0 Å². The quantitative estimate of drug-likeness (QED) is 0.840. The number of carbonyl (C=O) groups is 1. The number of rotatable bonds is 6. The number of hydrogen-bond acceptors (Lipinski definition) is 4. The molecule has 1 atom stereocenters. The van der Waals surface area contributed by atoms with Gasteiger partial charge >= 0.3 is 0 Å². The van der Waals surface area contributed by atoms with Gasteiger partial charge in [0.2, 0.25) is 5.91 Å². The van der Waals surface area contributed by atoms with E-state index < -0.39 is 6.04 Å². The molecule has 0 bridgehead atoms. The third kappa shape index (κ3) is 4.02. The fourth-order valence-electron chi connectivity index (χ4n) is 3.55. The van der Waals surface area contributed by atoms with E-state index in [1.807, 2.05) is 18.2 Å². The summed E-state index contributed by atoms with van der Waals surface area (Å²) in [7, 11) is 0. The van der Waals surface area contributed by atoms with Crippen LogP contribution in [0.1, 0.15) is 38.6 Å². The van der Waals surface area contributed by atoms with Gasteiger partial charge in [-0.3, -0.25) is 4.79 Å². The summed E-state index contributed by atoms with van der Waals surface area (Å²) in [5, 5.41) is 2.98. The molecular formula is C19H28N4O2. The first kappa shape index (κ1) is 17.9. The van der Waals surface area contributed by atoms with Gasteiger partial charge in [0, 0.05) is 32.2 Å². The molecule has 1 fully saturated rings. The van der Waals surface area contributed by atoms with Gasteiger partial charge in [0.25, 0.3) is 0 Å². The van der Waals surface area contributed by atoms with Crippen LogP contribution in [0.4, 0.5) is 0 Å². The third-order valence-corrected chi connectivity index (χ3v) is 4.91. The van der Waals surface area contributed by atoms with Gasteiger partial charge in [-0.15, -0.1) is 0 Å². The lowest BCUT2D eigenvalue weighted by Gasteiger charge is -2.26. The number of hydrogen-bond donors (Lipinski definition) is 2. The maximum Gasteiger partial charge on any atom is 0.237 e. The second-order valence-corrected chi connectivity index (χ2v) is 7.00. The van der Waals surface area contributed by atoms with Gasteiger partial charge in [0.05, 0.1) is 17.1 Å². The van der Waals surface area contributed by atoms with E-state index >= 15 is 0 Å². The highest BCUT2D eigenvalue weighted by molar-refractivity contribution is 5.81. The summed E-state index contributed by atoms with van der Waals surface area (Å²) in [6.45, 7) is 6.24. The molecule has 25 heavy (non-hydrogen) atoms. The largest absolute Gasteiger partial charge is 0.381 e. The molecule has 1 saturated heterocycles. The Labute approximate surface area is 148 Å². The number of benzene rings is 1. The number of aromatic nitrogens is 2. The fraction of sp³-hybridized carbons (Fsp3) is 0.579. The van der Waals surface area contributed by atoms with Crippen LogP contribution in [0, 0.1) is 5.92 Å². The normalized spacial score (nSPS) is 17.1. The summed E-state index contributed by atoms with van der Waals surface area (Å²) in [6.07, 6.45) is 2.41. The van der Waals surface area contributed by atoms with Crippen LogP contribution >= 0.6 is 0 Å². The molecule has 0 aliphatic carbocycles. The highest BCUT2D eigenvalue weighted by Gasteiger charge is 2.26. The van der Waals surface area contributed by atoms with Crippen molar-refractivity contribution >= 4 is 16.9 Å². The minimum Gasteiger partial charge on any atom is -0.381 e. The number of ether oxygens (including phenoxy) is 1. The number of para-hydroxylation sites is 2. The lowest BCUT2D eigenvalue weighted by molar-refractivity contribution is -0.124. The standard InChI is InChI=1S/C19H28N4O2/c1-13(2)23-16-6-4-3-5-15(16)22-17(23)7-10-21-19(24)18(20)14-8-11-25-12-9-14/h3-6,13-14,18H,7-12,20H2,1-2H3,(H,21,24). The first-order chi connectivity index (χ1) is 12.1. The summed E-state index contributed by atoms with van der Waals surface area (Å²) in [6, 6.07) is 8.01. The average Bonchev–Trinajstić information content (AvgIpc) is 3.00. The Hall–Kier alpha value is -1.92. The predicted octanol–water partition coefficient (Wildman–Crippen LogP) is 2.03. The molecule has 136 valence electrons. The predicted molar refractivity (Wildman–Crippen MR) is 98.4 cm³/mol. The Morgan fingerprint density at radius 2 is 2.08 bits per heavy atom. The summed E-state index contributed by atoms with van der Waals surface area (Å²) < 4.78 is 7.57. The molecule has 2 heterocycles. The molecule has 2 aromatic rings. The summed E-state index contributed by atoms with van der Waals surface area (Å²) >= 11 is 0. The zero-order chi connectivity index (χ0) is 17.8. The first-order valence-corrected chi connectivity index (χ1v) is 9.15. The van der Waals surface area contributed by atoms with Gasteiger partial charge in [0.1, 0.15) is 5.82 Å². The molecule has 3 N–H and O–H groups in total. The Kier molecular flexibility index (Phi) is 5.71. The number of nitrogens with one attached hydrogen (secondary N) is 1. The van der Waals surface area contributed by atoms with Crippen LogP contribution in [0.5, 0.6) is 0 Å². The van der Waals surface area contributed by atoms with E-state index in [9.17, 15) is 4.79 Å². The lowest BCUT2D eigenvalue weighted by Crippen LogP contribution is -2.47. The molecule has 1 amide bonds. The number of nitrogens with two attached hydrogens (primary N) is 1. The SMILES string of the molecule is CC(C)n1c(CCNC(=O)C(N)C2CCOCC2)nc2ccccc21. The first-order valence-electron chi connectivity index (χ1n) is 9.15. The van der Waals surface area contributed by atoms with Crippen molar-refractivity contribution in [2.24, 2.45) is 11.7 Å². The molecule has 0 radical (unpaired) electrons. The molecule has 1 aliphatic rings. The summed E-state index contributed by atoms with van der Waals surface area (Å²) in [5.74, 6) is 1.14. The second-order valence-electron chi connectivity index (χ2n) is 7.00. The highest BCUT2D eigenvalue weighted by Crippen LogP contribution is 2.21. The molecule has 1 aliphatic heterocycles. The molecular weight excluding hydrogens is 316 g/mol. The number of fused-ring (bicyclic) bond motifs is 1. The van der Waals surface area contributed by atoms with Gasteiger partial charge in [-0.25, -0.2) is 4.98 Å². The van der Waals surface area contributed by atoms with Crippen molar-refractivity contribution in [1.82, 2.24) is 14.9 Å². The van der Waals surface area contributed by atoms with Crippen LogP contribution in [0.3, 0.4) is 0 Å². The van der Waals surface area contributed by atoms with Crippen molar-refractivity contribution in [3.05, 3.63) is 30.1 Å². The monoisotopic (exact) mass is 344 g/mol. The molecule has 6 heteroatoms. The van der Waals surface area contributed by atoms with E-state index in [2.05, 4.69) is 29.8 Å². The summed E-state index contributed by atoms with van der Waals surface area (Å²) in [5.41, 5.74) is 8.26. The van der Waals surface area contributed by atoms with E-state index in [0.717, 1.165) is 29.7 Å². The third-order valence-electron chi connectivity index (χ3n) is 4.91. The smallest absolute Gasteiger partial charge is 0.237 e. The maximum atomic E-state index is 12.3. The van der Waals surface area contributed by atoms with Crippen molar-refractivity contribution in [2.45, 2.75) is 45.2 Å². The number of amides is 1. The Bertz CT molecular complexity index is 719. The van der Waals surface area contributed by atoms with Crippen molar-refractivity contribution in [3.8, 4) is 0 Å². The van der Waals surface area contributed by atoms with Gasteiger partial charge in [0.15, 0.2) is 0 Å². The molecule has 0 spiro atoms.